The van der Waals surface area contributed by atoms with Crippen LogP contribution in [0, 0.1) is 0 Å². The predicted octanol–water partition coefficient (Wildman–Crippen LogP) is 4.92. The van der Waals surface area contributed by atoms with E-state index in [1.165, 1.54) is 0 Å². The smallest absolute Gasteiger partial charge is 0.251 e. The highest BCUT2D eigenvalue weighted by molar-refractivity contribution is 5.92. The molecule has 1 aliphatic carbocycles. The quantitative estimate of drug-likeness (QED) is 0.674. The highest BCUT2D eigenvalue weighted by Gasteiger charge is 2.31. The van der Waals surface area contributed by atoms with Crippen LogP contribution in [-0.4, -0.2) is 21.1 Å². The van der Waals surface area contributed by atoms with Crippen molar-refractivity contribution in [3.05, 3.63) is 72.2 Å². The van der Waals surface area contributed by atoms with Crippen molar-refractivity contribution in [1.82, 2.24) is 20.5 Å². The van der Waals surface area contributed by atoms with E-state index in [2.05, 4.69) is 27.1 Å². The first-order valence-electron chi connectivity index (χ1n) is 8.89. The number of halogens is 2. The van der Waals surface area contributed by atoms with Gasteiger partial charge < -0.3 is 5.32 Å². The van der Waals surface area contributed by atoms with Gasteiger partial charge in [-0.15, -0.1) is 0 Å². The summed E-state index contributed by atoms with van der Waals surface area (Å²) in [6.07, 6.45) is 5.18. The van der Waals surface area contributed by atoms with Crippen molar-refractivity contribution in [2.24, 2.45) is 0 Å². The highest BCUT2D eigenvalue weighted by atomic mass is 19.3. The lowest BCUT2D eigenvalue weighted by Crippen LogP contribution is -2.18. The molecule has 0 bridgehead atoms. The maximum absolute atomic E-state index is 13.4. The van der Waals surface area contributed by atoms with Gasteiger partial charge in [0.2, 0.25) is 0 Å². The molecule has 3 aromatic rings. The van der Waals surface area contributed by atoms with Crippen LogP contribution in [0.15, 0.2) is 55.4 Å². The number of para-hydroxylation sites is 1. The SMILES string of the molecule is C=C(NCc1ccn[nH]1)c1cnc2c(C3=CCC(F)(F)CC3)cccc2c1. The molecule has 4 rings (SSSR count). The molecule has 6 heteroatoms. The summed E-state index contributed by atoms with van der Waals surface area (Å²) >= 11 is 0. The number of alkyl halides is 2. The molecule has 0 saturated carbocycles. The number of rotatable bonds is 5. The predicted molar refractivity (Wildman–Crippen MR) is 103 cm³/mol. The van der Waals surface area contributed by atoms with Crippen LogP contribution >= 0.6 is 0 Å². The van der Waals surface area contributed by atoms with E-state index in [1.54, 1.807) is 18.5 Å². The van der Waals surface area contributed by atoms with Crippen molar-refractivity contribution in [3.63, 3.8) is 0 Å². The fraction of sp³-hybridized carbons (Fsp3) is 0.238. The number of nitrogens with zero attached hydrogens (tertiary/aromatic N) is 2. The first-order valence-corrected chi connectivity index (χ1v) is 8.89. The number of benzene rings is 1. The molecule has 138 valence electrons. The molecule has 2 N–H and O–H groups in total. The second-order valence-corrected chi connectivity index (χ2v) is 6.80. The number of pyridine rings is 1. The van der Waals surface area contributed by atoms with Crippen LogP contribution in [-0.2, 0) is 6.54 Å². The molecule has 0 spiro atoms. The number of hydrogen-bond acceptors (Lipinski definition) is 3. The molecule has 0 saturated heterocycles. The number of nitrogens with one attached hydrogen (secondary N) is 2. The van der Waals surface area contributed by atoms with E-state index in [1.807, 2.05) is 30.3 Å². The standard InChI is InChI=1S/C21H20F2N4/c1-14(24-13-18-7-10-26-27-18)17-11-16-3-2-4-19(20(16)25-12-17)15-5-8-21(22,23)9-6-15/h2-5,7,10-12,24H,1,6,8-9,13H2,(H,26,27). The molecule has 27 heavy (non-hydrogen) atoms. The minimum atomic E-state index is -2.59. The summed E-state index contributed by atoms with van der Waals surface area (Å²) in [6, 6.07) is 9.79. The minimum absolute atomic E-state index is 0.109. The normalized spacial score (nSPS) is 16.1. The Labute approximate surface area is 156 Å². The van der Waals surface area contributed by atoms with Crippen LogP contribution < -0.4 is 5.32 Å². The molecule has 2 heterocycles. The maximum atomic E-state index is 13.4. The lowest BCUT2D eigenvalue weighted by atomic mass is 9.90. The van der Waals surface area contributed by atoms with Gasteiger partial charge in [-0.05, 0) is 24.1 Å². The third kappa shape index (κ3) is 3.74. The van der Waals surface area contributed by atoms with Gasteiger partial charge in [0.1, 0.15) is 0 Å². The monoisotopic (exact) mass is 366 g/mol. The lowest BCUT2D eigenvalue weighted by Gasteiger charge is -2.22. The number of aromatic nitrogens is 3. The Morgan fingerprint density at radius 1 is 1.30 bits per heavy atom. The zero-order valence-corrected chi connectivity index (χ0v) is 14.8. The van der Waals surface area contributed by atoms with Gasteiger partial charge in [-0.1, -0.05) is 30.9 Å². The summed E-state index contributed by atoms with van der Waals surface area (Å²) in [5, 5.41) is 11.0. The van der Waals surface area contributed by atoms with Gasteiger partial charge in [0.25, 0.3) is 5.92 Å². The molecule has 0 fully saturated rings. The van der Waals surface area contributed by atoms with E-state index in [0.29, 0.717) is 13.0 Å². The van der Waals surface area contributed by atoms with Crippen molar-refractivity contribution < 1.29 is 8.78 Å². The number of aromatic amines is 1. The van der Waals surface area contributed by atoms with E-state index >= 15 is 0 Å². The number of hydrogen-bond donors (Lipinski definition) is 2. The summed E-state index contributed by atoms with van der Waals surface area (Å²) in [7, 11) is 0. The second kappa shape index (κ2) is 6.95. The van der Waals surface area contributed by atoms with Gasteiger partial charge in [-0.2, -0.15) is 5.10 Å². The van der Waals surface area contributed by atoms with Crippen molar-refractivity contribution >= 4 is 22.2 Å². The van der Waals surface area contributed by atoms with Gasteiger partial charge >= 0.3 is 0 Å². The van der Waals surface area contributed by atoms with Gasteiger partial charge in [0, 0.05) is 47.4 Å². The molecule has 1 aliphatic rings. The van der Waals surface area contributed by atoms with Crippen LogP contribution in [0.3, 0.4) is 0 Å². The minimum Gasteiger partial charge on any atom is -0.379 e. The van der Waals surface area contributed by atoms with Crippen molar-refractivity contribution in [2.45, 2.75) is 31.7 Å². The molecule has 0 unspecified atom stereocenters. The van der Waals surface area contributed by atoms with E-state index < -0.39 is 5.92 Å². The highest BCUT2D eigenvalue weighted by Crippen LogP contribution is 2.38. The van der Waals surface area contributed by atoms with E-state index in [0.717, 1.165) is 39.0 Å². The van der Waals surface area contributed by atoms with E-state index in [-0.39, 0.29) is 12.8 Å². The van der Waals surface area contributed by atoms with E-state index in [9.17, 15) is 8.78 Å². The van der Waals surface area contributed by atoms with Crippen LogP contribution in [0.5, 0.6) is 0 Å². The van der Waals surface area contributed by atoms with Crippen LogP contribution in [0.25, 0.3) is 22.2 Å². The van der Waals surface area contributed by atoms with Gasteiger partial charge in [-0.25, -0.2) is 8.78 Å². The molecular weight excluding hydrogens is 346 g/mol. The molecule has 2 aromatic heterocycles. The Morgan fingerprint density at radius 3 is 2.93 bits per heavy atom. The van der Waals surface area contributed by atoms with Crippen LogP contribution in [0.2, 0.25) is 0 Å². The third-order valence-corrected chi connectivity index (χ3v) is 4.86. The van der Waals surface area contributed by atoms with Crippen molar-refractivity contribution in [1.29, 1.82) is 0 Å². The Balaban J connectivity index is 1.58. The Bertz CT molecular complexity index is 1010. The van der Waals surface area contributed by atoms with Gasteiger partial charge in [0.15, 0.2) is 0 Å². The van der Waals surface area contributed by atoms with Crippen LogP contribution in [0.4, 0.5) is 8.78 Å². The molecular formula is C21H20F2N4. The Kier molecular flexibility index (Phi) is 4.48. The fourth-order valence-electron chi connectivity index (χ4n) is 3.31. The lowest BCUT2D eigenvalue weighted by molar-refractivity contribution is -0.00602. The van der Waals surface area contributed by atoms with Crippen molar-refractivity contribution in [3.8, 4) is 0 Å². The average Bonchev–Trinajstić information content (AvgIpc) is 3.19. The van der Waals surface area contributed by atoms with Gasteiger partial charge in [0.05, 0.1) is 17.8 Å². The molecule has 0 atom stereocenters. The molecule has 0 amide bonds. The summed E-state index contributed by atoms with van der Waals surface area (Å²) < 4.78 is 26.9. The third-order valence-electron chi connectivity index (χ3n) is 4.86. The zero-order valence-electron chi connectivity index (χ0n) is 14.8. The number of allylic oxidation sites excluding steroid dienone is 2. The summed E-state index contributed by atoms with van der Waals surface area (Å²) in [5.74, 6) is -2.59. The number of H-pyrrole nitrogens is 1. The molecule has 0 radical (unpaired) electrons. The van der Waals surface area contributed by atoms with Crippen LogP contribution in [0.1, 0.15) is 36.1 Å². The van der Waals surface area contributed by atoms with Gasteiger partial charge in [-0.3, -0.25) is 10.1 Å². The van der Waals surface area contributed by atoms with E-state index in [4.69, 9.17) is 0 Å². The summed E-state index contributed by atoms with van der Waals surface area (Å²) in [6.45, 7) is 4.67. The zero-order chi connectivity index (χ0) is 18.9. The second-order valence-electron chi connectivity index (χ2n) is 6.80. The average molecular weight is 366 g/mol. The maximum Gasteiger partial charge on any atom is 0.251 e. The first kappa shape index (κ1) is 17.4. The molecule has 4 nitrogen and oxygen atoms in total. The Hall–Kier alpha value is -3.02. The molecule has 1 aromatic carbocycles. The summed E-state index contributed by atoms with van der Waals surface area (Å²) in [4.78, 5) is 4.61. The fourth-order valence-corrected chi connectivity index (χ4v) is 3.31. The van der Waals surface area contributed by atoms with Crippen molar-refractivity contribution in [2.75, 3.05) is 0 Å². The summed E-state index contributed by atoms with van der Waals surface area (Å²) in [5.41, 5.74) is 5.34. The Morgan fingerprint density at radius 2 is 2.19 bits per heavy atom. The topological polar surface area (TPSA) is 53.6 Å². The largest absolute Gasteiger partial charge is 0.379 e. The number of fused-ring (bicyclic) bond motifs is 1. The molecule has 0 aliphatic heterocycles. The first-order chi connectivity index (χ1) is 13.0.